The number of nitrogens with one attached hydrogen (secondary N) is 2. The lowest BCUT2D eigenvalue weighted by molar-refractivity contribution is -0.111. The van der Waals surface area contributed by atoms with Gasteiger partial charge in [0.15, 0.2) is 0 Å². The highest BCUT2D eigenvalue weighted by Gasteiger charge is 2.29. The second-order valence-electron chi connectivity index (χ2n) is 9.72. The van der Waals surface area contributed by atoms with Gasteiger partial charge in [-0.1, -0.05) is 24.3 Å². The number of para-hydroxylation sites is 1. The summed E-state index contributed by atoms with van der Waals surface area (Å²) in [6, 6.07) is 18.4. The fourth-order valence-electron chi connectivity index (χ4n) is 4.63. The molecule has 6 rings (SSSR count). The Balaban J connectivity index is 1.38. The quantitative estimate of drug-likeness (QED) is 0.258. The van der Waals surface area contributed by atoms with E-state index in [1.54, 1.807) is 42.6 Å². The summed E-state index contributed by atoms with van der Waals surface area (Å²) < 4.78 is 13.3. The number of carbonyl (C=O) groups excluding carboxylic acids is 1. The zero-order valence-electron chi connectivity index (χ0n) is 22.4. The predicted molar refractivity (Wildman–Crippen MR) is 157 cm³/mol. The molecule has 0 aliphatic carbocycles. The smallest absolute Gasteiger partial charge is 0.264 e. The first kappa shape index (κ1) is 25.8. The number of hydrogen-bond donors (Lipinski definition) is 3. The van der Waals surface area contributed by atoms with Crippen molar-refractivity contribution in [1.29, 1.82) is 0 Å². The fourth-order valence-corrected chi connectivity index (χ4v) is 4.63. The van der Waals surface area contributed by atoms with Crippen molar-refractivity contribution in [3.8, 4) is 34.3 Å². The zero-order chi connectivity index (χ0) is 28.5. The van der Waals surface area contributed by atoms with Crippen molar-refractivity contribution in [3.05, 3.63) is 94.9 Å². The third-order valence-corrected chi connectivity index (χ3v) is 6.55. The molecule has 0 unspecified atom stereocenters. The average Bonchev–Trinajstić information content (AvgIpc) is 3.31. The van der Waals surface area contributed by atoms with Crippen LogP contribution in [-0.4, -0.2) is 51.2 Å². The fraction of sp³-hybridized carbons (Fsp3) is 0.133. The molecule has 4 heterocycles. The predicted octanol–water partition coefficient (Wildman–Crippen LogP) is 4.10. The van der Waals surface area contributed by atoms with Gasteiger partial charge in [0.25, 0.3) is 5.56 Å². The maximum Gasteiger partial charge on any atom is 0.264 e. The topological polar surface area (TPSA) is 140 Å². The summed E-state index contributed by atoms with van der Waals surface area (Å²) in [6.45, 7) is 0.740. The van der Waals surface area contributed by atoms with Gasteiger partial charge in [0.2, 0.25) is 11.8 Å². The van der Waals surface area contributed by atoms with Crippen LogP contribution in [0.2, 0.25) is 0 Å². The van der Waals surface area contributed by atoms with Crippen molar-refractivity contribution < 1.29 is 14.3 Å². The van der Waals surface area contributed by atoms with Gasteiger partial charge in [-0.2, -0.15) is 5.10 Å². The number of pyridine rings is 2. The van der Waals surface area contributed by atoms with Crippen LogP contribution in [0.25, 0.3) is 27.8 Å². The van der Waals surface area contributed by atoms with Gasteiger partial charge in [-0.25, -0.2) is 4.68 Å². The first-order chi connectivity index (χ1) is 19.9. The van der Waals surface area contributed by atoms with Crippen molar-refractivity contribution in [3.63, 3.8) is 0 Å². The Hall–Kier alpha value is -5.42. The van der Waals surface area contributed by atoms with Crippen molar-refractivity contribution in [2.75, 3.05) is 31.7 Å². The first-order valence-corrected chi connectivity index (χ1v) is 12.9. The van der Waals surface area contributed by atoms with Crippen LogP contribution >= 0.6 is 0 Å². The summed E-state index contributed by atoms with van der Waals surface area (Å²) in [4.78, 5) is 34.9. The Morgan fingerprint density at radius 3 is 2.66 bits per heavy atom. The third-order valence-electron chi connectivity index (χ3n) is 6.55. The molecule has 41 heavy (non-hydrogen) atoms. The van der Waals surface area contributed by atoms with Gasteiger partial charge >= 0.3 is 0 Å². The molecule has 1 aliphatic heterocycles. The number of H-pyrrole nitrogens is 1. The molecular weight excluding hydrogens is 522 g/mol. The standard InChI is InChI=1S/C30H27N7O4/c1-36(2)16-6-9-23(38)33-22-14-15-32-26-21(22)17-40-30-24(26)27-25(29(39)34-30)28(31)37(35-27)18-10-12-20(13-11-18)41-19-7-4-3-5-8-19/h3-15H,16-17,31H2,1-2H3,(H,34,39)(H,32,33,38). The molecule has 206 valence electrons. The molecule has 1 aliphatic rings. The molecule has 11 nitrogen and oxygen atoms in total. The molecular formula is C30H27N7O4. The van der Waals surface area contributed by atoms with Crippen LogP contribution in [0.3, 0.4) is 0 Å². The highest BCUT2D eigenvalue weighted by molar-refractivity contribution is 6.04. The van der Waals surface area contributed by atoms with E-state index in [0.717, 1.165) is 0 Å². The summed E-state index contributed by atoms with van der Waals surface area (Å²) in [6.07, 6.45) is 4.85. The first-order valence-electron chi connectivity index (χ1n) is 12.9. The second-order valence-corrected chi connectivity index (χ2v) is 9.72. The lowest BCUT2D eigenvalue weighted by atomic mass is 10.0. The van der Waals surface area contributed by atoms with E-state index in [1.807, 2.05) is 49.3 Å². The van der Waals surface area contributed by atoms with E-state index >= 15 is 0 Å². The molecule has 0 radical (unpaired) electrons. The summed E-state index contributed by atoms with van der Waals surface area (Å²) in [7, 11) is 3.84. The lowest BCUT2D eigenvalue weighted by Crippen LogP contribution is -2.18. The normalized spacial score (nSPS) is 12.3. The van der Waals surface area contributed by atoms with Gasteiger partial charge in [-0.15, -0.1) is 0 Å². The van der Waals surface area contributed by atoms with Crippen LogP contribution in [0.15, 0.2) is 83.8 Å². The van der Waals surface area contributed by atoms with Crippen molar-refractivity contribution in [2.45, 2.75) is 6.61 Å². The summed E-state index contributed by atoms with van der Waals surface area (Å²) in [5.74, 6) is 1.50. The average molecular weight is 550 g/mol. The van der Waals surface area contributed by atoms with Crippen LogP contribution < -0.4 is 26.1 Å². The molecule has 1 amide bonds. The number of amides is 1. The molecule has 4 N–H and O–H groups in total. The highest BCUT2D eigenvalue weighted by atomic mass is 16.5. The van der Waals surface area contributed by atoms with Crippen molar-refractivity contribution >= 4 is 28.3 Å². The van der Waals surface area contributed by atoms with Crippen LogP contribution in [0, 0.1) is 0 Å². The minimum atomic E-state index is -0.425. The van der Waals surface area contributed by atoms with E-state index < -0.39 is 5.56 Å². The molecule has 2 aromatic carbocycles. The monoisotopic (exact) mass is 549 g/mol. The summed E-state index contributed by atoms with van der Waals surface area (Å²) in [5.41, 5.74) is 9.28. The Labute approximate surface area is 234 Å². The number of hydrogen-bond acceptors (Lipinski definition) is 8. The number of likely N-dealkylation sites (N-methyl/N-ethyl adjacent to an activating group) is 1. The number of nitrogen functional groups attached to an aromatic ring is 1. The van der Waals surface area contributed by atoms with Crippen molar-refractivity contribution in [1.82, 2.24) is 24.6 Å². The number of nitrogens with zero attached hydrogens (tertiary/aromatic N) is 4. The molecule has 0 spiro atoms. The summed E-state index contributed by atoms with van der Waals surface area (Å²) >= 11 is 0. The zero-order valence-corrected chi connectivity index (χ0v) is 22.4. The number of anilines is 2. The maximum atomic E-state index is 13.1. The van der Waals surface area contributed by atoms with E-state index in [0.29, 0.717) is 51.8 Å². The van der Waals surface area contributed by atoms with Gasteiger partial charge < -0.3 is 25.4 Å². The molecule has 0 saturated heterocycles. The van der Waals surface area contributed by atoms with E-state index in [1.165, 1.54) is 10.8 Å². The molecule has 5 aromatic rings. The Morgan fingerprint density at radius 2 is 1.90 bits per heavy atom. The maximum absolute atomic E-state index is 13.1. The number of ether oxygens (including phenoxy) is 2. The number of benzene rings is 2. The van der Waals surface area contributed by atoms with E-state index in [4.69, 9.17) is 20.3 Å². The van der Waals surface area contributed by atoms with Gasteiger partial charge in [-0.05, 0) is 56.6 Å². The van der Waals surface area contributed by atoms with Crippen molar-refractivity contribution in [2.24, 2.45) is 0 Å². The number of carbonyl (C=O) groups is 1. The van der Waals surface area contributed by atoms with E-state index in [2.05, 4.69) is 15.3 Å². The third kappa shape index (κ3) is 5.01. The highest BCUT2D eigenvalue weighted by Crippen LogP contribution is 2.41. The van der Waals surface area contributed by atoms with Crippen LogP contribution in [0.1, 0.15) is 5.56 Å². The van der Waals surface area contributed by atoms with E-state index in [-0.39, 0.29) is 29.6 Å². The van der Waals surface area contributed by atoms with Gasteiger partial charge in [0.05, 0.1) is 22.6 Å². The van der Waals surface area contributed by atoms with Gasteiger partial charge in [0.1, 0.15) is 34.8 Å². The minimum Gasteiger partial charge on any atom is -0.473 e. The number of fused-ring (bicyclic) bond motifs is 5. The SMILES string of the molecule is CN(C)CC=CC(=O)Nc1ccnc2c1COc1[nH]c(=O)c3c(N)n(-c4ccc(Oc5ccccc5)cc4)nc3c1-2. The lowest BCUT2D eigenvalue weighted by Gasteiger charge is -2.21. The Morgan fingerprint density at radius 1 is 1.15 bits per heavy atom. The largest absolute Gasteiger partial charge is 0.473 e. The molecule has 3 aromatic heterocycles. The van der Waals surface area contributed by atoms with Gasteiger partial charge in [-0.3, -0.25) is 19.6 Å². The summed E-state index contributed by atoms with van der Waals surface area (Å²) in [5, 5.41) is 7.84. The number of aromatic nitrogens is 4. The molecule has 0 fully saturated rings. The Bertz CT molecular complexity index is 1840. The number of rotatable bonds is 7. The van der Waals surface area contributed by atoms with Crippen LogP contribution in [-0.2, 0) is 11.4 Å². The van der Waals surface area contributed by atoms with Gasteiger partial charge in [0, 0.05) is 24.4 Å². The number of aromatic amines is 1. The molecule has 11 heteroatoms. The molecule has 0 bridgehead atoms. The van der Waals surface area contributed by atoms with E-state index in [9.17, 15) is 9.59 Å². The molecule has 0 saturated carbocycles. The minimum absolute atomic E-state index is 0.105. The van der Waals surface area contributed by atoms with Crippen LogP contribution in [0.4, 0.5) is 11.5 Å². The number of nitrogens with two attached hydrogens (primary N) is 1. The van der Waals surface area contributed by atoms with Crippen LogP contribution in [0.5, 0.6) is 17.4 Å². The molecule has 0 atom stereocenters. The second kappa shape index (κ2) is 10.6. The Kier molecular flexibility index (Phi) is 6.70.